The lowest BCUT2D eigenvalue weighted by atomic mass is 10.1. The number of anilines is 2. The molecule has 2 aliphatic heterocycles. The number of carbonyl (C=O) groups is 1. The Morgan fingerprint density at radius 2 is 1.93 bits per heavy atom. The number of nitrogens with zero attached hydrogens (tertiary/aromatic N) is 2. The molecule has 0 atom stereocenters. The molecular formula is C21H23F2N3O3S. The molecule has 0 unspecified atom stereocenters. The van der Waals surface area contributed by atoms with Crippen LogP contribution in [0.3, 0.4) is 0 Å². The Kier molecular flexibility index (Phi) is 5.99. The number of hydrogen-bond donors (Lipinski definition) is 1. The molecule has 0 bridgehead atoms. The van der Waals surface area contributed by atoms with Crippen molar-refractivity contribution in [3.05, 3.63) is 36.0 Å². The molecule has 2 aliphatic rings. The lowest BCUT2D eigenvalue weighted by molar-refractivity contribution is -0.0102. The van der Waals surface area contributed by atoms with Gasteiger partial charge in [0.05, 0.1) is 16.3 Å². The van der Waals surface area contributed by atoms with Crippen LogP contribution >= 0.6 is 11.8 Å². The summed E-state index contributed by atoms with van der Waals surface area (Å²) in [5, 5.41) is 3.67. The highest BCUT2D eigenvalue weighted by Crippen LogP contribution is 2.39. The Balaban J connectivity index is 1.67. The average molecular weight is 435 g/mol. The summed E-state index contributed by atoms with van der Waals surface area (Å²) in [4.78, 5) is 19.2. The van der Waals surface area contributed by atoms with Crippen LogP contribution in [0.1, 0.15) is 29.6 Å². The van der Waals surface area contributed by atoms with Crippen molar-refractivity contribution < 1.29 is 23.0 Å². The minimum absolute atomic E-state index is 0.149. The lowest BCUT2D eigenvalue weighted by Gasteiger charge is -2.28. The smallest absolute Gasteiger partial charge is 0.257 e. The first-order chi connectivity index (χ1) is 14.4. The van der Waals surface area contributed by atoms with Crippen molar-refractivity contribution in [3.63, 3.8) is 0 Å². The fourth-order valence-corrected chi connectivity index (χ4v) is 4.03. The highest BCUT2D eigenvalue weighted by atomic mass is 32.2. The van der Waals surface area contributed by atoms with E-state index in [-0.39, 0.29) is 25.3 Å². The summed E-state index contributed by atoms with van der Waals surface area (Å²) in [6.07, 6.45) is 3.49. The summed E-state index contributed by atoms with van der Waals surface area (Å²) < 4.78 is 39.1. The number of thioether (sulfide) groups is 1. The zero-order chi connectivity index (χ0) is 21.1. The van der Waals surface area contributed by atoms with E-state index in [1.165, 1.54) is 11.8 Å². The first-order valence-electron chi connectivity index (χ1n) is 9.83. The average Bonchev–Trinajstić information content (AvgIpc) is 2.93. The summed E-state index contributed by atoms with van der Waals surface area (Å²) in [5.74, 6) is -2.01. The molecule has 0 saturated carbocycles. The highest BCUT2D eigenvalue weighted by Gasteiger charge is 2.33. The number of hydrogen-bond acceptors (Lipinski definition) is 6. The van der Waals surface area contributed by atoms with E-state index in [0.29, 0.717) is 54.6 Å². The van der Waals surface area contributed by atoms with Crippen molar-refractivity contribution in [2.45, 2.75) is 30.2 Å². The van der Waals surface area contributed by atoms with Crippen LogP contribution in [0.2, 0.25) is 0 Å². The number of carbonyl (C=O) groups excluding carboxylic acids is 1. The summed E-state index contributed by atoms with van der Waals surface area (Å²) in [7, 11) is 0. The molecule has 1 aromatic heterocycles. The molecule has 1 fully saturated rings. The van der Waals surface area contributed by atoms with Gasteiger partial charge in [-0.1, -0.05) is 0 Å². The molecule has 1 amide bonds. The summed E-state index contributed by atoms with van der Waals surface area (Å²) in [6, 6.07) is 6.86. The summed E-state index contributed by atoms with van der Waals surface area (Å²) in [6.45, 7) is 1.41. The maximum Gasteiger partial charge on any atom is 0.257 e. The second kappa shape index (κ2) is 8.67. The van der Waals surface area contributed by atoms with Gasteiger partial charge in [-0.2, -0.15) is 0 Å². The SMILES string of the molecule is CSc1cc(NC(=O)c2cc3c(cc2N2CCCC(F)(F)CC2)OCCO3)ccn1. The fraction of sp³-hybridized carbons (Fsp3) is 0.429. The van der Waals surface area contributed by atoms with Gasteiger partial charge < -0.3 is 19.7 Å². The molecule has 30 heavy (non-hydrogen) atoms. The van der Waals surface area contributed by atoms with Gasteiger partial charge in [0.25, 0.3) is 5.91 Å². The standard InChI is InChI=1S/C21H23F2N3O3S/c1-30-19-11-14(3-6-24-19)25-20(27)15-12-17-18(29-10-9-28-17)13-16(15)26-7-2-4-21(22,23)5-8-26/h3,6,11-13H,2,4-5,7-10H2,1H3,(H,24,25,27). The van der Waals surface area contributed by atoms with E-state index in [2.05, 4.69) is 10.3 Å². The van der Waals surface area contributed by atoms with Gasteiger partial charge in [0.2, 0.25) is 5.92 Å². The van der Waals surface area contributed by atoms with E-state index >= 15 is 0 Å². The second-order valence-corrected chi connectivity index (χ2v) is 8.08. The molecule has 3 heterocycles. The first kappa shape index (κ1) is 20.7. The van der Waals surface area contributed by atoms with Crippen LogP contribution in [-0.4, -0.2) is 49.4 Å². The molecule has 1 saturated heterocycles. The number of pyridine rings is 1. The predicted molar refractivity (Wildman–Crippen MR) is 112 cm³/mol. The van der Waals surface area contributed by atoms with Gasteiger partial charge in [-0.3, -0.25) is 4.79 Å². The van der Waals surface area contributed by atoms with Crippen LogP contribution in [0.4, 0.5) is 20.2 Å². The third kappa shape index (κ3) is 4.61. The maximum atomic E-state index is 13.9. The largest absolute Gasteiger partial charge is 0.486 e. The van der Waals surface area contributed by atoms with Gasteiger partial charge in [0.15, 0.2) is 11.5 Å². The fourth-order valence-electron chi connectivity index (χ4n) is 3.62. The van der Waals surface area contributed by atoms with Gasteiger partial charge in [0, 0.05) is 43.9 Å². The third-order valence-electron chi connectivity index (χ3n) is 5.17. The number of alkyl halides is 2. The van der Waals surface area contributed by atoms with E-state index in [4.69, 9.17) is 9.47 Å². The number of nitrogens with one attached hydrogen (secondary N) is 1. The van der Waals surface area contributed by atoms with E-state index in [0.717, 1.165) is 5.03 Å². The van der Waals surface area contributed by atoms with Gasteiger partial charge >= 0.3 is 0 Å². The molecular weight excluding hydrogens is 412 g/mol. The quantitative estimate of drug-likeness (QED) is 0.716. The molecule has 160 valence electrons. The van der Waals surface area contributed by atoms with Crippen molar-refractivity contribution >= 4 is 29.0 Å². The van der Waals surface area contributed by atoms with E-state index in [1.807, 2.05) is 11.2 Å². The van der Waals surface area contributed by atoms with E-state index in [1.54, 1.807) is 30.5 Å². The number of ether oxygens (including phenoxy) is 2. The molecule has 6 nitrogen and oxygen atoms in total. The summed E-state index contributed by atoms with van der Waals surface area (Å²) >= 11 is 1.47. The maximum absolute atomic E-state index is 13.9. The Labute approximate surface area is 177 Å². The Bertz CT molecular complexity index is 942. The van der Waals surface area contributed by atoms with Crippen LogP contribution in [-0.2, 0) is 0 Å². The van der Waals surface area contributed by atoms with Crippen molar-refractivity contribution in [1.29, 1.82) is 0 Å². The topological polar surface area (TPSA) is 63.7 Å². The zero-order valence-corrected chi connectivity index (χ0v) is 17.4. The van der Waals surface area contributed by atoms with E-state index < -0.39 is 5.92 Å². The number of halogens is 2. The van der Waals surface area contributed by atoms with Crippen LogP contribution < -0.4 is 19.7 Å². The number of aromatic nitrogens is 1. The first-order valence-corrected chi connectivity index (χ1v) is 11.1. The van der Waals surface area contributed by atoms with Crippen molar-refractivity contribution in [2.75, 3.05) is 42.8 Å². The number of rotatable bonds is 4. The summed E-state index contributed by atoms with van der Waals surface area (Å²) in [5.41, 5.74) is 1.56. The Morgan fingerprint density at radius 1 is 1.17 bits per heavy atom. The minimum Gasteiger partial charge on any atom is -0.486 e. The molecule has 4 rings (SSSR count). The van der Waals surface area contributed by atoms with Gasteiger partial charge in [-0.05, 0) is 30.9 Å². The van der Waals surface area contributed by atoms with Crippen LogP contribution in [0.5, 0.6) is 11.5 Å². The Morgan fingerprint density at radius 3 is 2.70 bits per heavy atom. The molecule has 2 aromatic rings. The number of fused-ring (bicyclic) bond motifs is 1. The van der Waals surface area contributed by atoms with Gasteiger partial charge in [-0.15, -0.1) is 11.8 Å². The monoisotopic (exact) mass is 435 g/mol. The Hall–Kier alpha value is -2.55. The van der Waals surface area contributed by atoms with Crippen LogP contribution in [0, 0.1) is 0 Å². The van der Waals surface area contributed by atoms with Gasteiger partial charge in [-0.25, -0.2) is 13.8 Å². The van der Waals surface area contributed by atoms with Crippen molar-refractivity contribution in [1.82, 2.24) is 4.98 Å². The normalized spacial score (nSPS) is 17.9. The highest BCUT2D eigenvalue weighted by molar-refractivity contribution is 7.98. The van der Waals surface area contributed by atoms with Gasteiger partial charge in [0.1, 0.15) is 13.2 Å². The molecule has 1 N–H and O–H groups in total. The minimum atomic E-state index is -2.68. The molecule has 0 aliphatic carbocycles. The third-order valence-corrected chi connectivity index (χ3v) is 5.81. The number of benzene rings is 1. The van der Waals surface area contributed by atoms with Crippen molar-refractivity contribution in [3.8, 4) is 11.5 Å². The lowest BCUT2D eigenvalue weighted by Crippen LogP contribution is -2.29. The van der Waals surface area contributed by atoms with E-state index in [9.17, 15) is 13.6 Å². The number of amides is 1. The second-order valence-electron chi connectivity index (χ2n) is 7.25. The molecule has 0 spiro atoms. The van der Waals surface area contributed by atoms with Crippen LogP contribution in [0.25, 0.3) is 0 Å². The predicted octanol–water partition coefficient (Wildman–Crippen LogP) is 4.45. The van der Waals surface area contributed by atoms with Crippen LogP contribution in [0.15, 0.2) is 35.5 Å². The zero-order valence-electron chi connectivity index (χ0n) is 16.6. The molecule has 9 heteroatoms. The van der Waals surface area contributed by atoms with Crippen molar-refractivity contribution in [2.24, 2.45) is 0 Å². The molecule has 1 aromatic carbocycles. The molecule has 0 radical (unpaired) electrons.